The minimum atomic E-state index is -0.125. The Labute approximate surface area is 217 Å². The highest BCUT2D eigenvalue weighted by atomic mass is 15.3. The van der Waals surface area contributed by atoms with Crippen LogP contribution in [0.4, 0.5) is 0 Å². The molecule has 0 amide bonds. The third kappa shape index (κ3) is 3.66. The maximum Gasteiger partial charge on any atom is 0.155 e. The van der Waals surface area contributed by atoms with Gasteiger partial charge in [0.25, 0.3) is 0 Å². The monoisotopic (exact) mass is 477 g/mol. The minimum absolute atomic E-state index is 0.125. The molecule has 0 spiro atoms. The Balaban J connectivity index is 1.43. The summed E-state index contributed by atoms with van der Waals surface area (Å²) in [6.07, 6.45) is 4.13. The molecule has 2 aliphatic rings. The van der Waals surface area contributed by atoms with Crippen LogP contribution in [-0.4, -0.2) is 23.6 Å². The molecule has 3 nitrogen and oxygen atoms in total. The highest BCUT2D eigenvalue weighted by Gasteiger charge is 2.28. The van der Waals surface area contributed by atoms with Gasteiger partial charge in [-0.1, -0.05) is 109 Å². The first kappa shape index (κ1) is 21.8. The van der Waals surface area contributed by atoms with Crippen LogP contribution in [0.15, 0.2) is 125 Å². The molecule has 37 heavy (non-hydrogen) atoms. The van der Waals surface area contributed by atoms with Gasteiger partial charge in [-0.2, -0.15) is 0 Å². The van der Waals surface area contributed by atoms with E-state index < -0.39 is 0 Å². The van der Waals surface area contributed by atoms with Crippen molar-refractivity contribution >= 4 is 39.3 Å². The quantitative estimate of drug-likeness (QED) is 0.244. The van der Waals surface area contributed by atoms with Crippen molar-refractivity contribution in [1.82, 2.24) is 4.90 Å². The molecule has 0 aromatic heterocycles. The molecule has 178 valence electrons. The molecule has 0 saturated heterocycles. The number of nitrogens with zero attached hydrogens (tertiary/aromatic N) is 3. The maximum atomic E-state index is 5.23. The highest BCUT2D eigenvalue weighted by molar-refractivity contribution is 6.17. The summed E-state index contributed by atoms with van der Waals surface area (Å²) in [5.74, 6) is 1.79. The molecule has 1 aliphatic carbocycles. The van der Waals surface area contributed by atoms with Crippen LogP contribution in [0.2, 0.25) is 0 Å². The summed E-state index contributed by atoms with van der Waals surface area (Å²) >= 11 is 0. The molecule has 3 heteroatoms. The Morgan fingerprint density at radius 3 is 1.97 bits per heavy atom. The molecule has 0 bridgehead atoms. The zero-order valence-corrected chi connectivity index (χ0v) is 20.8. The van der Waals surface area contributed by atoms with Gasteiger partial charge >= 0.3 is 0 Å². The van der Waals surface area contributed by atoms with E-state index in [9.17, 15) is 0 Å². The lowest BCUT2D eigenvalue weighted by Gasteiger charge is -2.33. The normalized spacial score (nSPS) is 17.3. The lowest BCUT2D eigenvalue weighted by atomic mass is 9.84. The standard InChI is InChI=1S/C34H27N3/c1-37-33(23-12-4-2-5-13-23)35-32(36-34(37)24-14-6-3-7-15-24)25-20-21-30-28-18-9-8-16-26(28)27-17-10-11-19-29(27)31(30)22-25/h2-19,22,33H,20-21H2,1H3. The largest absolute Gasteiger partial charge is 0.333 e. The van der Waals surface area contributed by atoms with E-state index in [0.717, 1.165) is 30.1 Å². The number of aliphatic imine (C=N–C) groups is 2. The molecular formula is C34H27N3. The Bertz CT molecular complexity index is 1730. The summed E-state index contributed by atoms with van der Waals surface area (Å²) in [6.45, 7) is 0. The van der Waals surface area contributed by atoms with Gasteiger partial charge in [0.05, 0.1) is 0 Å². The average Bonchev–Trinajstić information content (AvgIpc) is 2.98. The van der Waals surface area contributed by atoms with E-state index in [1.807, 2.05) is 6.07 Å². The minimum Gasteiger partial charge on any atom is -0.333 e. The van der Waals surface area contributed by atoms with Gasteiger partial charge in [0, 0.05) is 12.6 Å². The summed E-state index contributed by atoms with van der Waals surface area (Å²) in [4.78, 5) is 12.6. The molecular weight excluding hydrogens is 450 g/mol. The summed E-state index contributed by atoms with van der Waals surface area (Å²) < 4.78 is 0. The van der Waals surface area contributed by atoms with Crippen molar-refractivity contribution < 1.29 is 0 Å². The van der Waals surface area contributed by atoms with Crippen LogP contribution in [0.25, 0.3) is 27.6 Å². The predicted molar refractivity (Wildman–Crippen MR) is 155 cm³/mol. The molecule has 5 aromatic rings. The van der Waals surface area contributed by atoms with Gasteiger partial charge < -0.3 is 4.90 Å². The molecule has 1 atom stereocenters. The van der Waals surface area contributed by atoms with Gasteiger partial charge in [-0.25, -0.2) is 9.98 Å². The number of hydrogen-bond donors (Lipinski definition) is 0. The van der Waals surface area contributed by atoms with Crippen molar-refractivity contribution in [3.63, 3.8) is 0 Å². The number of amidine groups is 2. The van der Waals surface area contributed by atoms with Gasteiger partial charge in [0.2, 0.25) is 0 Å². The van der Waals surface area contributed by atoms with Crippen LogP contribution >= 0.6 is 0 Å². The smallest absolute Gasteiger partial charge is 0.155 e. The summed E-state index contributed by atoms with van der Waals surface area (Å²) in [5.41, 5.74) is 6.21. The number of fused-ring (bicyclic) bond motifs is 6. The van der Waals surface area contributed by atoms with Crippen LogP contribution in [0.5, 0.6) is 0 Å². The van der Waals surface area contributed by atoms with Crippen LogP contribution < -0.4 is 0 Å². The van der Waals surface area contributed by atoms with E-state index in [4.69, 9.17) is 9.98 Å². The van der Waals surface area contributed by atoms with Crippen molar-refractivity contribution in [2.24, 2.45) is 9.98 Å². The third-order valence-electron chi connectivity index (χ3n) is 7.62. The fourth-order valence-corrected chi connectivity index (χ4v) is 5.82. The first-order chi connectivity index (χ1) is 18.3. The van der Waals surface area contributed by atoms with Crippen LogP contribution in [0, 0.1) is 0 Å². The highest BCUT2D eigenvalue weighted by Crippen LogP contribution is 2.39. The van der Waals surface area contributed by atoms with Crippen LogP contribution in [-0.2, 0) is 6.42 Å². The molecule has 5 aromatic carbocycles. The van der Waals surface area contributed by atoms with Crippen molar-refractivity contribution in [3.05, 3.63) is 137 Å². The first-order valence-electron chi connectivity index (χ1n) is 12.9. The van der Waals surface area contributed by atoms with Crippen molar-refractivity contribution in [1.29, 1.82) is 0 Å². The van der Waals surface area contributed by atoms with Gasteiger partial charge in [0.15, 0.2) is 5.84 Å². The van der Waals surface area contributed by atoms with E-state index in [-0.39, 0.29) is 6.17 Å². The zero-order valence-electron chi connectivity index (χ0n) is 20.8. The summed E-state index contributed by atoms with van der Waals surface area (Å²) in [7, 11) is 2.09. The molecule has 0 fully saturated rings. The number of aryl methyl sites for hydroxylation is 1. The first-order valence-corrected chi connectivity index (χ1v) is 12.9. The van der Waals surface area contributed by atoms with Crippen LogP contribution in [0.1, 0.15) is 34.8 Å². The van der Waals surface area contributed by atoms with E-state index in [1.165, 1.54) is 43.8 Å². The van der Waals surface area contributed by atoms with Gasteiger partial charge in [0.1, 0.15) is 12.0 Å². The fraction of sp³-hybridized carbons (Fsp3) is 0.118. The lowest BCUT2D eigenvalue weighted by Crippen LogP contribution is -2.36. The van der Waals surface area contributed by atoms with Crippen LogP contribution in [0.3, 0.4) is 0 Å². The topological polar surface area (TPSA) is 28.0 Å². The predicted octanol–water partition coefficient (Wildman–Crippen LogP) is 7.81. The molecule has 7 rings (SSSR count). The number of hydrogen-bond acceptors (Lipinski definition) is 3. The van der Waals surface area contributed by atoms with E-state index >= 15 is 0 Å². The van der Waals surface area contributed by atoms with E-state index in [2.05, 4.69) is 121 Å². The molecule has 0 saturated carbocycles. The van der Waals surface area contributed by atoms with Crippen molar-refractivity contribution in [2.75, 3.05) is 7.05 Å². The van der Waals surface area contributed by atoms with E-state index in [0.29, 0.717) is 0 Å². The molecule has 1 heterocycles. The maximum absolute atomic E-state index is 5.23. The van der Waals surface area contributed by atoms with Crippen molar-refractivity contribution in [2.45, 2.75) is 19.0 Å². The van der Waals surface area contributed by atoms with Gasteiger partial charge in [-0.3, -0.25) is 0 Å². The van der Waals surface area contributed by atoms with Crippen molar-refractivity contribution in [3.8, 4) is 0 Å². The fourth-order valence-electron chi connectivity index (χ4n) is 5.82. The Morgan fingerprint density at radius 1 is 0.649 bits per heavy atom. The zero-order chi connectivity index (χ0) is 24.8. The van der Waals surface area contributed by atoms with E-state index in [1.54, 1.807) is 0 Å². The van der Waals surface area contributed by atoms with Gasteiger partial charge in [-0.05, 0) is 62.7 Å². The third-order valence-corrected chi connectivity index (χ3v) is 7.62. The second-order valence-corrected chi connectivity index (χ2v) is 9.80. The van der Waals surface area contributed by atoms with Gasteiger partial charge in [-0.15, -0.1) is 0 Å². The average molecular weight is 478 g/mol. The number of benzene rings is 5. The molecule has 0 N–H and O–H groups in total. The summed E-state index contributed by atoms with van der Waals surface area (Å²) in [6, 6.07) is 38.6. The second kappa shape index (κ2) is 8.86. The Morgan fingerprint density at radius 2 is 1.24 bits per heavy atom. The Hall–Kier alpha value is -4.50. The Kier molecular flexibility index (Phi) is 5.21. The molecule has 1 unspecified atom stereocenters. The molecule has 1 aliphatic heterocycles. The second-order valence-electron chi connectivity index (χ2n) is 9.80. The SMILES string of the molecule is CN1C(c2ccccc2)=NC(C2=Cc3c(c4ccccc4c4ccccc34)CC2)=NC1c1ccccc1. The lowest BCUT2D eigenvalue weighted by molar-refractivity contribution is 0.382. The molecule has 0 radical (unpaired) electrons. The summed E-state index contributed by atoms with van der Waals surface area (Å²) in [5, 5.41) is 5.29. The number of rotatable bonds is 3.